The maximum atomic E-state index is 5.97. The Hall–Kier alpha value is -1.58. The second-order valence-electron chi connectivity index (χ2n) is 6.35. The normalized spacial score (nSPS) is 18.5. The Balaban J connectivity index is 1.43. The number of unbranched alkanes of at least 4 members (excludes halogenated alkanes) is 1. The van der Waals surface area contributed by atoms with Crippen LogP contribution in [-0.4, -0.2) is 29.6 Å². The van der Waals surface area contributed by atoms with Crippen molar-refractivity contribution in [3.63, 3.8) is 0 Å². The van der Waals surface area contributed by atoms with E-state index in [1.54, 1.807) is 0 Å². The number of piperidine rings is 1. The monoisotopic (exact) mass is 344 g/mol. The second-order valence-corrected chi connectivity index (χ2v) is 6.78. The van der Waals surface area contributed by atoms with Gasteiger partial charge in [0.15, 0.2) is 0 Å². The Labute approximate surface area is 149 Å². The van der Waals surface area contributed by atoms with Crippen molar-refractivity contribution in [1.29, 1.82) is 0 Å². The molecule has 0 spiro atoms. The molecule has 0 aliphatic carbocycles. The summed E-state index contributed by atoms with van der Waals surface area (Å²) in [6, 6.07) is 12.4. The van der Waals surface area contributed by atoms with Gasteiger partial charge in [-0.15, -0.1) is 0 Å². The molecule has 3 rings (SSSR count). The summed E-state index contributed by atoms with van der Waals surface area (Å²) < 4.78 is 5.77. The van der Waals surface area contributed by atoms with Gasteiger partial charge in [0, 0.05) is 23.5 Å². The van der Waals surface area contributed by atoms with Crippen LogP contribution >= 0.6 is 11.6 Å². The van der Waals surface area contributed by atoms with Crippen LogP contribution in [0.4, 0.5) is 0 Å². The molecule has 1 aromatic carbocycles. The molecule has 0 bridgehead atoms. The van der Waals surface area contributed by atoms with Crippen LogP contribution in [0.3, 0.4) is 0 Å². The fraction of sp³-hybridized carbons (Fsp3) is 0.450. The van der Waals surface area contributed by atoms with Crippen LogP contribution in [0.15, 0.2) is 48.8 Å². The molecule has 24 heavy (non-hydrogen) atoms. The van der Waals surface area contributed by atoms with Crippen molar-refractivity contribution < 1.29 is 4.74 Å². The third-order valence-electron chi connectivity index (χ3n) is 4.59. The van der Waals surface area contributed by atoms with E-state index >= 15 is 0 Å². The van der Waals surface area contributed by atoms with Crippen molar-refractivity contribution in [2.45, 2.75) is 38.1 Å². The van der Waals surface area contributed by atoms with E-state index in [4.69, 9.17) is 16.3 Å². The zero-order valence-corrected chi connectivity index (χ0v) is 14.8. The summed E-state index contributed by atoms with van der Waals surface area (Å²) in [5, 5.41) is 0.722. The van der Waals surface area contributed by atoms with Gasteiger partial charge in [-0.25, -0.2) is 0 Å². The number of likely N-dealkylation sites (tertiary alicyclic amines) is 1. The predicted molar refractivity (Wildman–Crippen MR) is 98.6 cm³/mol. The minimum absolute atomic E-state index is 0.529. The summed E-state index contributed by atoms with van der Waals surface area (Å²) in [5.41, 5.74) is 1.35. The van der Waals surface area contributed by atoms with Gasteiger partial charge in [0.05, 0.1) is 6.61 Å². The molecule has 128 valence electrons. The van der Waals surface area contributed by atoms with E-state index in [1.807, 2.05) is 42.7 Å². The molecule has 2 aromatic rings. The molecule has 0 radical (unpaired) electrons. The standard InChI is InChI=1S/C20H25ClN2O/c21-18-8-5-9-19(15-18)24-14-4-3-13-23-12-2-1-10-20(23)17-7-6-11-22-16-17/h5-9,11,15-16,20H,1-4,10,12-14H2. The number of halogens is 1. The molecule has 3 nitrogen and oxygen atoms in total. The van der Waals surface area contributed by atoms with Gasteiger partial charge in [-0.05, 0) is 68.6 Å². The van der Waals surface area contributed by atoms with Gasteiger partial charge in [0.1, 0.15) is 5.75 Å². The first-order chi connectivity index (χ1) is 11.8. The van der Waals surface area contributed by atoms with Crippen LogP contribution in [0.1, 0.15) is 43.7 Å². The number of hydrogen-bond donors (Lipinski definition) is 0. The zero-order chi connectivity index (χ0) is 16.6. The number of pyridine rings is 1. The zero-order valence-electron chi connectivity index (χ0n) is 14.0. The highest BCUT2D eigenvalue weighted by Gasteiger charge is 2.23. The molecule has 4 heteroatoms. The van der Waals surface area contributed by atoms with E-state index in [2.05, 4.69) is 16.0 Å². The summed E-state index contributed by atoms with van der Waals surface area (Å²) in [6.07, 6.45) is 9.93. The third-order valence-corrected chi connectivity index (χ3v) is 4.82. The van der Waals surface area contributed by atoms with Gasteiger partial charge in [-0.1, -0.05) is 30.2 Å². The average Bonchev–Trinajstić information content (AvgIpc) is 2.63. The first-order valence-electron chi connectivity index (χ1n) is 8.85. The van der Waals surface area contributed by atoms with E-state index in [0.29, 0.717) is 6.04 Å². The minimum Gasteiger partial charge on any atom is -0.494 e. The number of aromatic nitrogens is 1. The lowest BCUT2D eigenvalue weighted by atomic mass is 9.96. The molecule has 1 atom stereocenters. The average molecular weight is 345 g/mol. The van der Waals surface area contributed by atoms with Crippen LogP contribution < -0.4 is 4.74 Å². The molecule has 1 aliphatic heterocycles. The van der Waals surface area contributed by atoms with Gasteiger partial charge in [-0.2, -0.15) is 0 Å². The quantitative estimate of drug-likeness (QED) is 0.652. The molecule has 0 N–H and O–H groups in total. The number of benzene rings is 1. The SMILES string of the molecule is Clc1cccc(OCCCCN2CCCCC2c2cccnc2)c1. The van der Waals surface area contributed by atoms with Crippen molar-refractivity contribution in [2.24, 2.45) is 0 Å². The Bertz CT molecular complexity index is 620. The van der Waals surface area contributed by atoms with E-state index < -0.39 is 0 Å². The highest BCUT2D eigenvalue weighted by atomic mass is 35.5. The van der Waals surface area contributed by atoms with Gasteiger partial charge < -0.3 is 4.74 Å². The lowest BCUT2D eigenvalue weighted by Crippen LogP contribution is -2.34. The van der Waals surface area contributed by atoms with E-state index in [-0.39, 0.29) is 0 Å². The Morgan fingerprint density at radius 2 is 2.12 bits per heavy atom. The van der Waals surface area contributed by atoms with Crippen molar-refractivity contribution in [2.75, 3.05) is 19.7 Å². The van der Waals surface area contributed by atoms with Gasteiger partial charge in [-0.3, -0.25) is 9.88 Å². The first-order valence-corrected chi connectivity index (χ1v) is 9.23. The minimum atomic E-state index is 0.529. The molecule has 1 fully saturated rings. The van der Waals surface area contributed by atoms with Crippen molar-refractivity contribution >= 4 is 11.6 Å². The lowest BCUT2D eigenvalue weighted by Gasteiger charge is -2.35. The highest BCUT2D eigenvalue weighted by molar-refractivity contribution is 6.30. The Kier molecular flexibility index (Phi) is 6.50. The lowest BCUT2D eigenvalue weighted by molar-refractivity contribution is 0.143. The maximum Gasteiger partial charge on any atom is 0.120 e. The van der Waals surface area contributed by atoms with Crippen molar-refractivity contribution in [3.8, 4) is 5.75 Å². The summed E-state index contributed by atoms with van der Waals surface area (Å²) in [5.74, 6) is 0.855. The van der Waals surface area contributed by atoms with Crippen LogP contribution in [0.2, 0.25) is 5.02 Å². The fourth-order valence-corrected chi connectivity index (χ4v) is 3.55. The topological polar surface area (TPSA) is 25.4 Å². The molecule has 1 aromatic heterocycles. The first kappa shape index (κ1) is 17.2. The summed E-state index contributed by atoms with van der Waals surface area (Å²) in [4.78, 5) is 6.90. The van der Waals surface area contributed by atoms with E-state index in [0.717, 1.165) is 36.8 Å². The molecule has 0 saturated carbocycles. The molecular weight excluding hydrogens is 320 g/mol. The van der Waals surface area contributed by atoms with Crippen LogP contribution in [-0.2, 0) is 0 Å². The molecule has 1 saturated heterocycles. The second kappa shape index (κ2) is 9.05. The van der Waals surface area contributed by atoms with E-state index in [1.165, 1.54) is 31.4 Å². The van der Waals surface area contributed by atoms with Gasteiger partial charge >= 0.3 is 0 Å². The molecule has 1 unspecified atom stereocenters. The number of nitrogens with zero attached hydrogens (tertiary/aromatic N) is 2. The summed E-state index contributed by atoms with van der Waals surface area (Å²) >= 11 is 5.97. The highest BCUT2D eigenvalue weighted by Crippen LogP contribution is 2.30. The fourth-order valence-electron chi connectivity index (χ4n) is 3.37. The van der Waals surface area contributed by atoms with Crippen LogP contribution in [0, 0.1) is 0 Å². The van der Waals surface area contributed by atoms with Gasteiger partial charge in [0.2, 0.25) is 0 Å². The van der Waals surface area contributed by atoms with Crippen LogP contribution in [0.5, 0.6) is 5.75 Å². The third kappa shape index (κ3) is 4.96. The van der Waals surface area contributed by atoms with Gasteiger partial charge in [0.25, 0.3) is 0 Å². The Morgan fingerprint density at radius 1 is 1.17 bits per heavy atom. The van der Waals surface area contributed by atoms with E-state index in [9.17, 15) is 0 Å². The maximum absolute atomic E-state index is 5.97. The predicted octanol–water partition coefficient (Wildman–Crippen LogP) is 5.12. The smallest absolute Gasteiger partial charge is 0.120 e. The van der Waals surface area contributed by atoms with Crippen molar-refractivity contribution in [1.82, 2.24) is 9.88 Å². The molecule has 1 aliphatic rings. The molecule has 2 heterocycles. The van der Waals surface area contributed by atoms with Crippen molar-refractivity contribution in [3.05, 3.63) is 59.4 Å². The Morgan fingerprint density at radius 3 is 2.96 bits per heavy atom. The van der Waals surface area contributed by atoms with Crippen LogP contribution in [0.25, 0.3) is 0 Å². The number of rotatable bonds is 7. The number of ether oxygens (including phenoxy) is 1. The molecule has 0 amide bonds. The number of hydrogen-bond acceptors (Lipinski definition) is 3. The largest absolute Gasteiger partial charge is 0.494 e. The summed E-state index contributed by atoms with van der Waals surface area (Å²) in [7, 11) is 0. The molecular formula is C20H25ClN2O. The summed E-state index contributed by atoms with van der Waals surface area (Å²) in [6.45, 7) is 3.05.